The van der Waals surface area contributed by atoms with Crippen molar-refractivity contribution in [3.63, 3.8) is 0 Å². The van der Waals surface area contributed by atoms with E-state index in [4.69, 9.17) is 25.8 Å². The van der Waals surface area contributed by atoms with Crippen LogP contribution >= 0.6 is 11.6 Å². The van der Waals surface area contributed by atoms with Gasteiger partial charge in [0.15, 0.2) is 5.60 Å². The van der Waals surface area contributed by atoms with E-state index in [0.717, 1.165) is 17.9 Å². The predicted molar refractivity (Wildman–Crippen MR) is 80.5 cm³/mol. The fourth-order valence-corrected chi connectivity index (χ4v) is 2.24. The van der Waals surface area contributed by atoms with Crippen LogP contribution in [0.2, 0.25) is 5.02 Å². The summed E-state index contributed by atoms with van der Waals surface area (Å²) in [5, 5.41) is 0.744. The third-order valence-electron chi connectivity index (χ3n) is 3.46. The molecule has 0 spiro atoms. The van der Waals surface area contributed by atoms with Crippen LogP contribution in [0.3, 0.4) is 0 Å². The molecule has 1 saturated heterocycles. The lowest BCUT2D eigenvalue weighted by Gasteiger charge is -2.10. The first kappa shape index (κ1) is 16.3. The zero-order chi connectivity index (χ0) is 15.1. The van der Waals surface area contributed by atoms with Gasteiger partial charge in [-0.05, 0) is 43.9 Å². The molecule has 0 amide bonds. The number of hydrogen-bond acceptors (Lipinski definition) is 4. The van der Waals surface area contributed by atoms with Gasteiger partial charge in [-0.15, -0.1) is 0 Å². The zero-order valence-electron chi connectivity index (χ0n) is 12.3. The number of carbonyl (C=O) groups excluding carboxylic acids is 1. The molecule has 1 atom stereocenters. The summed E-state index contributed by atoms with van der Waals surface area (Å²) >= 11 is 5.83. The van der Waals surface area contributed by atoms with Crippen molar-refractivity contribution < 1.29 is 19.0 Å². The summed E-state index contributed by atoms with van der Waals surface area (Å²) in [6.07, 6.45) is 2.31. The molecule has 0 N–H and O–H groups in total. The van der Waals surface area contributed by atoms with E-state index in [2.05, 4.69) is 0 Å². The van der Waals surface area contributed by atoms with Crippen LogP contribution in [-0.2, 0) is 25.4 Å². The molecule has 1 aromatic rings. The molecule has 0 aliphatic carbocycles. The van der Waals surface area contributed by atoms with Crippen molar-refractivity contribution in [1.29, 1.82) is 0 Å². The summed E-state index contributed by atoms with van der Waals surface area (Å²) in [6.45, 7) is 3.94. The van der Waals surface area contributed by atoms with E-state index in [9.17, 15) is 4.79 Å². The molecule has 1 aliphatic heterocycles. The number of esters is 1. The number of carbonyl (C=O) groups is 1. The van der Waals surface area contributed by atoms with Gasteiger partial charge in [-0.25, -0.2) is 4.79 Å². The Hall–Kier alpha value is -1.10. The van der Waals surface area contributed by atoms with E-state index in [1.54, 1.807) is 6.92 Å². The second kappa shape index (κ2) is 7.78. The van der Waals surface area contributed by atoms with Crippen LogP contribution in [0.1, 0.15) is 25.3 Å². The van der Waals surface area contributed by atoms with E-state index in [1.807, 2.05) is 24.3 Å². The van der Waals surface area contributed by atoms with Gasteiger partial charge in [-0.2, -0.15) is 0 Å². The maximum atomic E-state index is 11.7. The Morgan fingerprint density at radius 2 is 2.05 bits per heavy atom. The summed E-state index contributed by atoms with van der Waals surface area (Å²) < 4.78 is 15.8. The number of ether oxygens (including phenoxy) is 3. The molecule has 2 rings (SSSR count). The predicted octanol–water partition coefficient (Wildman–Crippen LogP) is 3.01. The molecule has 1 fully saturated rings. The Morgan fingerprint density at radius 3 is 2.67 bits per heavy atom. The maximum Gasteiger partial charge on any atom is 0.340 e. The van der Waals surface area contributed by atoms with E-state index in [-0.39, 0.29) is 5.97 Å². The molecule has 0 saturated carbocycles. The van der Waals surface area contributed by atoms with E-state index in [0.29, 0.717) is 32.8 Å². The van der Waals surface area contributed by atoms with Crippen LogP contribution in [0.25, 0.3) is 0 Å². The third-order valence-corrected chi connectivity index (χ3v) is 3.71. The lowest BCUT2D eigenvalue weighted by Crippen LogP contribution is -2.27. The molecule has 116 valence electrons. The number of benzene rings is 1. The van der Waals surface area contributed by atoms with Crippen molar-refractivity contribution in [1.82, 2.24) is 0 Å². The van der Waals surface area contributed by atoms with Gasteiger partial charge in [0.2, 0.25) is 0 Å². The summed E-state index contributed by atoms with van der Waals surface area (Å²) in [7, 11) is 0. The zero-order valence-corrected chi connectivity index (χ0v) is 13.0. The lowest BCUT2D eigenvalue weighted by molar-refractivity contribution is -0.149. The average Bonchev–Trinajstić information content (AvgIpc) is 3.26. The molecule has 4 nitrogen and oxygen atoms in total. The van der Waals surface area contributed by atoms with Gasteiger partial charge in [-0.3, -0.25) is 0 Å². The standard InChI is InChI=1S/C16H21ClO4/c1-2-20-15(18)16(12-21-16)9-3-10-19-11-8-13-4-6-14(17)7-5-13/h4-7H,2-3,8-12H2,1H3. The number of rotatable bonds is 9. The molecular weight excluding hydrogens is 292 g/mol. The molecule has 1 aromatic carbocycles. The summed E-state index contributed by atoms with van der Waals surface area (Å²) in [5.41, 5.74) is 0.517. The molecule has 5 heteroatoms. The van der Waals surface area contributed by atoms with Gasteiger partial charge >= 0.3 is 5.97 Å². The van der Waals surface area contributed by atoms with Crippen molar-refractivity contribution in [3.05, 3.63) is 34.9 Å². The van der Waals surface area contributed by atoms with Crippen molar-refractivity contribution >= 4 is 17.6 Å². The molecule has 0 bridgehead atoms. The van der Waals surface area contributed by atoms with Crippen LogP contribution < -0.4 is 0 Å². The smallest absolute Gasteiger partial charge is 0.340 e. The molecular formula is C16H21ClO4. The Kier molecular flexibility index (Phi) is 6.03. The molecule has 1 heterocycles. The fourth-order valence-electron chi connectivity index (χ4n) is 2.12. The summed E-state index contributed by atoms with van der Waals surface area (Å²) in [4.78, 5) is 11.7. The SMILES string of the molecule is CCOC(=O)C1(CCCOCCc2ccc(Cl)cc2)CO1. The topological polar surface area (TPSA) is 48.1 Å². The monoisotopic (exact) mass is 312 g/mol. The fraction of sp³-hybridized carbons (Fsp3) is 0.562. The maximum absolute atomic E-state index is 11.7. The van der Waals surface area contributed by atoms with Gasteiger partial charge in [-0.1, -0.05) is 23.7 Å². The van der Waals surface area contributed by atoms with Crippen molar-refractivity contribution in [3.8, 4) is 0 Å². The van der Waals surface area contributed by atoms with E-state index >= 15 is 0 Å². The normalized spacial score (nSPS) is 20.3. The van der Waals surface area contributed by atoms with Crippen LogP contribution in [-0.4, -0.2) is 38.0 Å². The minimum atomic E-state index is -0.685. The van der Waals surface area contributed by atoms with Gasteiger partial charge < -0.3 is 14.2 Å². The molecule has 0 aromatic heterocycles. The lowest BCUT2D eigenvalue weighted by atomic mass is 10.1. The minimum absolute atomic E-state index is 0.244. The molecule has 1 aliphatic rings. The third kappa shape index (κ3) is 4.99. The van der Waals surface area contributed by atoms with E-state index in [1.165, 1.54) is 5.56 Å². The second-order valence-electron chi connectivity index (χ2n) is 5.10. The van der Waals surface area contributed by atoms with Crippen molar-refractivity contribution in [2.75, 3.05) is 26.4 Å². The number of epoxide rings is 1. The Balaban J connectivity index is 1.56. The van der Waals surface area contributed by atoms with Crippen molar-refractivity contribution in [2.24, 2.45) is 0 Å². The highest BCUT2D eigenvalue weighted by Gasteiger charge is 2.53. The highest BCUT2D eigenvalue weighted by atomic mass is 35.5. The van der Waals surface area contributed by atoms with E-state index < -0.39 is 5.60 Å². The highest BCUT2D eigenvalue weighted by molar-refractivity contribution is 6.30. The van der Waals surface area contributed by atoms with Gasteiger partial charge in [0, 0.05) is 11.6 Å². The van der Waals surface area contributed by atoms with Crippen LogP contribution in [0.4, 0.5) is 0 Å². The minimum Gasteiger partial charge on any atom is -0.464 e. The first-order chi connectivity index (χ1) is 10.2. The van der Waals surface area contributed by atoms with Gasteiger partial charge in [0.05, 0.1) is 19.8 Å². The Bertz CT molecular complexity index is 454. The number of halogens is 1. The van der Waals surface area contributed by atoms with Crippen molar-refractivity contribution in [2.45, 2.75) is 31.8 Å². The summed E-state index contributed by atoms with van der Waals surface area (Å²) in [5.74, 6) is -0.244. The molecule has 1 unspecified atom stereocenters. The Morgan fingerprint density at radius 1 is 1.33 bits per heavy atom. The summed E-state index contributed by atoms with van der Waals surface area (Å²) in [6, 6.07) is 7.76. The molecule has 0 radical (unpaired) electrons. The first-order valence-corrected chi connectivity index (χ1v) is 7.67. The van der Waals surface area contributed by atoms with Crippen LogP contribution in [0.5, 0.6) is 0 Å². The molecule has 21 heavy (non-hydrogen) atoms. The van der Waals surface area contributed by atoms with Crippen LogP contribution in [0.15, 0.2) is 24.3 Å². The van der Waals surface area contributed by atoms with Gasteiger partial charge in [0.1, 0.15) is 0 Å². The number of hydrogen-bond donors (Lipinski definition) is 0. The van der Waals surface area contributed by atoms with Crippen LogP contribution in [0, 0.1) is 0 Å². The Labute approximate surface area is 130 Å². The van der Waals surface area contributed by atoms with Gasteiger partial charge in [0.25, 0.3) is 0 Å². The first-order valence-electron chi connectivity index (χ1n) is 7.30. The second-order valence-corrected chi connectivity index (χ2v) is 5.53. The average molecular weight is 313 g/mol. The quantitative estimate of drug-likeness (QED) is 0.399. The highest BCUT2D eigenvalue weighted by Crippen LogP contribution is 2.33. The largest absolute Gasteiger partial charge is 0.464 e.